The molecule has 3 heterocycles. The van der Waals surface area contributed by atoms with Gasteiger partial charge >= 0.3 is 0 Å². The lowest BCUT2D eigenvalue weighted by Crippen LogP contribution is -2.09. The topological polar surface area (TPSA) is 78.8 Å². The zero-order valence-corrected chi connectivity index (χ0v) is 16.5. The summed E-state index contributed by atoms with van der Waals surface area (Å²) >= 11 is 0. The van der Waals surface area contributed by atoms with Crippen molar-refractivity contribution in [2.45, 2.75) is 19.8 Å². The lowest BCUT2D eigenvalue weighted by molar-refractivity contribution is 0.414. The standard InChI is InChI=1S/C22H23N5O/c1-13(15-6-5-7-17(10-15)28-4)20-21(25-14(2)26-22(20)23)16-11-19-18(24-12-16)8-9-27(19)3/h5-13H,1-4H3,(H2,23,25,26). The predicted molar refractivity (Wildman–Crippen MR) is 111 cm³/mol. The first-order chi connectivity index (χ1) is 13.5. The van der Waals surface area contributed by atoms with Crippen molar-refractivity contribution in [2.75, 3.05) is 12.8 Å². The summed E-state index contributed by atoms with van der Waals surface area (Å²) in [4.78, 5) is 13.8. The van der Waals surface area contributed by atoms with Gasteiger partial charge in [0, 0.05) is 36.5 Å². The summed E-state index contributed by atoms with van der Waals surface area (Å²) in [7, 11) is 3.67. The molecule has 1 atom stereocenters. The number of benzene rings is 1. The first-order valence-corrected chi connectivity index (χ1v) is 9.17. The van der Waals surface area contributed by atoms with Crippen molar-refractivity contribution < 1.29 is 4.74 Å². The summed E-state index contributed by atoms with van der Waals surface area (Å²) < 4.78 is 7.43. The van der Waals surface area contributed by atoms with Crippen LogP contribution in [-0.2, 0) is 7.05 Å². The number of ether oxygens (including phenoxy) is 1. The van der Waals surface area contributed by atoms with Crippen molar-refractivity contribution in [2.24, 2.45) is 7.05 Å². The number of hydrogen-bond donors (Lipinski definition) is 1. The van der Waals surface area contributed by atoms with Gasteiger partial charge in [0.1, 0.15) is 17.4 Å². The SMILES string of the molecule is COc1cccc(C(C)c2c(N)nc(C)nc2-c2cnc3ccn(C)c3c2)c1. The lowest BCUT2D eigenvalue weighted by atomic mass is 9.90. The number of hydrogen-bond acceptors (Lipinski definition) is 5. The Morgan fingerprint density at radius 2 is 1.96 bits per heavy atom. The highest BCUT2D eigenvalue weighted by molar-refractivity contribution is 5.82. The first-order valence-electron chi connectivity index (χ1n) is 9.17. The Hall–Kier alpha value is -3.41. The number of fused-ring (bicyclic) bond motifs is 1. The maximum Gasteiger partial charge on any atom is 0.131 e. The van der Waals surface area contributed by atoms with E-state index in [-0.39, 0.29) is 5.92 Å². The van der Waals surface area contributed by atoms with Crippen LogP contribution in [0.2, 0.25) is 0 Å². The Kier molecular flexibility index (Phi) is 4.47. The summed E-state index contributed by atoms with van der Waals surface area (Å²) in [5.41, 5.74) is 12.1. The molecule has 0 aliphatic heterocycles. The van der Waals surface area contributed by atoms with E-state index in [1.165, 1.54) is 0 Å². The predicted octanol–water partition coefficient (Wildman–Crippen LogP) is 4.08. The fraction of sp³-hybridized carbons (Fsp3) is 0.227. The van der Waals surface area contributed by atoms with E-state index in [2.05, 4.69) is 29.0 Å². The van der Waals surface area contributed by atoms with E-state index in [1.807, 2.05) is 55.2 Å². The van der Waals surface area contributed by atoms with Crippen LogP contribution < -0.4 is 10.5 Å². The number of nitrogens with zero attached hydrogens (tertiary/aromatic N) is 4. The summed E-state index contributed by atoms with van der Waals surface area (Å²) in [5.74, 6) is 1.94. The maximum atomic E-state index is 6.38. The first kappa shape index (κ1) is 18.0. The third-order valence-corrected chi connectivity index (χ3v) is 5.12. The summed E-state index contributed by atoms with van der Waals surface area (Å²) in [6, 6.07) is 12.1. The number of aryl methyl sites for hydroxylation is 2. The average Bonchev–Trinajstić information content (AvgIpc) is 3.07. The van der Waals surface area contributed by atoms with Gasteiger partial charge in [-0.15, -0.1) is 0 Å². The van der Waals surface area contributed by atoms with Gasteiger partial charge in [-0.1, -0.05) is 19.1 Å². The van der Waals surface area contributed by atoms with Crippen molar-refractivity contribution in [3.05, 3.63) is 65.7 Å². The third kappa shape index (κ3) is 3.07. The quantitative estimate of drug-likeness (QED) is 0.583. The molecule has 142 valence electrons. The normalized spacial score (nSPS) is 12.3. The second kappa shape index (κ2) is 6.96. The molecule has 0 spiro atoms. The van der Waals surface area contributed by atoms with Crippen LogP contribution in [0.15, 0.2) is 48.8 Å². The lowest BCUT2D eigenvalue weighted by Gasteiger charge is -2.19. The summed E-state index contributed by atoms with van der Waals surface area (Å²) in [6.07, 6.45) is 3.85. The van der Waals surface area contributed by atoms with Crippen LogP contribution in [0.3, 0.4) is 0 Å². The number of rotatable bonds is 4. The molecule has 6 heteroatoms. The molecule has 0 saturated carbocycles. The van der Waals surface area contributed by atoms with Crippen LogP contribution in [0.1, 0.15) is 29.8 Å². The van der Waals surface area contributed by atoms with Gasteiger partial charge in [0.05, 0.1) is 23.8 Å². The van der Waals surface area contributed by atoms with Gasteiger partial charge in [0.25, 0.3) is 0 Å². The Bertz CT molecular complexity index is 1170. The molecular formula is C22H23N5O. The van der Waals surface area contributed by atoms with E-state index in [0.717, 1.165) is 39.2 Å². The number of methoxy groups -OCH3 is 1. The molecular weight excluding hydrogens is 350 g/mol. The van der Waals surface area contributed by atoms with Crippen LogP contribution in [0, 0.1) is 6.92 Å². The van der Waals surface area contributed by atoms with Crippen molar-refractivity contribution >= 4 is 16.9 Å². The number of nitrogen functional groups attached to an aromatic ring is 1. The number of pyridine rings is 1. The molecule has 0 radical (unpaired) electrons. The van der Waals surface area contributed by atoms with Gasteiger partial charge in [0.15, 0.2) is 0 Å². The van der Waals surface area contributed by atoms with E-state index in [1.54, 1.807) is 7.11 Å². The van der Waals surface area contributed by atoms with Gasteiger partial charge in [0.2, 0.25) is 0 Å². The highest BCUT2D eigenvalue weighted by atomic mass is 16.5. The van der Waals surface area contributed by atoms with Crippen LogP contribution in [0.25, 0.3) is 22.3 Å². The van der Waals surface area contributed by atoms with Crippen molar-refractivity contribution in [3.63, 3.8) is 0 Å². The molecule has 4 rings (SSSR count). The monoisotopic (exact) mass is 373 g/mol. The molecule has 4 aromatic rings. The molecule has 2 N–H and O–H groups in total. The molecule has 3 aromatic heterocycles. The van der Waals surface area contributed by atoms with Crippen LogP contribution >= 0.6 is 0 Å². The van der Waals surface area contributed by atoms with E-state index in [9.17, 15) is 0 Å². The van der Waals surface area contributed by atoms with E-state index in [0.29, 0.717) is 11.6 Å². The number of aromatic nitrogens is 4. The van der Waals surface area contributed by atoms with Crippen LogP contribution in [-0.4, -0.2) is 26.6 Å². The van der Waals surface area contributed by atoms with Gasteiger partial charge < -0.3 is 15.0 Å². The second-order valence-electron chi connectivity index (χ2n) is 6.97. The molecule has 0 aliphatic carbocycles. The number of anilines is 1. The van der Waals surface area contributed by atoms with E-state index in [4.69, 9.17) is 15.5 Å². The largest absolute Gasteiger partial charge is 0.497 e. The fourth-order valence-corrected chi connectivity index (χ4v) is 3.59. The van der Waals surface area contributed by atoms with Gasteiger partial charge in [-0.2, -0.15) is 0 Å². The minimum Gasteiger partial charge on any atom is -0.497 e. The smallest absolute Gasteiger partial charge is 0.131 e. The van der Waals surface area contributed by atoms with Crippen LogP contribution in [0.4, 0.5) is 5.82 Å². The highest BCUT2D eigenvalue weighted by Gasteiger charge is 2.21. The zero-order valence-electron chi connectivity index (χ0n) is 16.5. The van der Waals surface area contributed by atoms with E-state index >= 15 is 0 Å². The highest BCUT2D eigenvalue weighted by Crippen LogP contribution is 2.36. The van der Waals surface area contributed by atoms with Crippen molar-refractivity contribution in [3.8, 4) is 17.0 Å². The molecule has 0 bridgehead atoms. The fourth-order valence-electron chi connectivity index (χ4n) is 3.59. The Labute approximate surface area is 164 Å². The molecule has 1 unspecified atom stereocenters. The third-order valence-electron chi connectivity index (χ3n) is 5.12. The zero-order chi connectivity index (χ0) is 19.8. The number of nitrogens with two attached hydrogens (primary N) is 1. The molecule has 6 nitrogen and oxygen atoms in total. The summed E-state index contributed by atoms with van der Waals surface area (Å²) in [6.45, 7) is 3.96. The van der Waals surface area contributed by atoms with Gasteiger partial charge in [-0.25, -0.2) is 9.97 Å². The van der Waals surface area contributed by atoms with Gasteiger partial charge in [-0.05, 0) is 36.8 Å². The van der Waals surface area contributed by atoms with Crippen LogP contribution in [0.5, 0.6) is 5.75 Å². The minimum absolute atomic E-state index is 0.00481. The molecule has 0 saturated heterocycles. The molecule has 28 heavy (non-hydrogen) atoms. The van der Waals surface area contributed by atoms with Crippen molar-refractivity contribution in [1.29, 1.82) is 0 Å². The van der Waals surface area contributed by atoms with Gasteiger partial charge in [-0.3, -0.25) is 4.98 Å². The molecule has 0 amide bonds. The second-order valence-corrected chi connectivity index (χ2v) is 6.97. The molecule has 0 aliphatic rings. The average molecular weight is 373 g/mol. The molecule has 0 fully saturated rings. The van der Waals surface area contributed by atoms with E-state index < -0.39 is 0 Å². The summed E-state index contributed by atoms with van der Waals surface area (Å²) in [5, 5.41) is 0. The Morgan fingerprint density at radius 1 is 1.14 bits per heavy atom. The Morgan fingerprint density at radius 3 is 2.75 bits per heavy atom. The van der Waals surface area contributed by atoms with Crippen molar-refractivity contribution in [1.82, 2.24) is 19.5 Å². The minimum atomic E-state index is -0.00481. The molecule has 1 aromatic carbocycles. The maximum absolute atomic E-state index is 6.38. The Balaban J connectivity index is 1.90.